The van der Waals surface area contributed by atoms with Crippen LogP contribution in [0.15, 0.2) is 0 Å². The number of carbonyl (C=O) groups is 2. The normalized spacial score (nSPS) is 13.1. The Hall–Kier alpha value is -1.16. The van der Waals surface area contributed by atoms with Gasteiger partial charge in [0.2, 0.25) is 5.91 Å². The highest BCUT2D eigenvalue weighted by Gasteiger charge is 2.13. The Kier molecular flexibility index (Phi) is 13.3. The molecule has 0 aromatic carbocycles. The second-order valence-electron chi connectivity index (χ2n) is 5.28. The molecule has 0 aliphatic carbocycles. The van der Waals surface area contributed by atoms with Crippen molar-refractivity contribution in [3.8, 4) is 0 Å². The van der Waals surface area contributed by atoms with E-state index in [1.807, 2.05) is 13.8 Å². The second kappa shape index (κ2) is 12.6. The summed E-state index contributed by atoms with van der Waals surface area (Å²) in [5.41, 5.74) is 15.5. The van der Waals surface area contributed by atoms with E-state index in [4.69, 9.17) is 32.4 Å². The molecule has 9 heteroatoms. The Morgan fingerprint density at radius 1 is 1.24 bits per heavy atom. The SMILES string of the molecule is CC(C)C(N)C(N)=O.NCC(CCCB(O)O)CC(=O)O. The van der Waals surface area contributed by atoms with Crippen LogP contribution < -0.4 is 17.2 Å². The monoisotopic (exact) mass is 305 g/mol. The number of carboxylic acids is 1. The third kappa shape index (κ3) is 15.1. The van der Waals surface area contributed by atoms with Crippen molar-refractivity contribution in [2.45, 2.75) is 45.5 Å². The van der Waals surface area contributed by atoms with Crippen molar-refractivity contribution < 1.29 is 24.7 Å². The fourth-order valence-corrected chi connectivity index (χ4v) is 1.47. The van der Waals surface area contributed by atoms with Gasteiger partial charge in [0.05, 0.1) is 6.04 Å². The summed E-state index contributed by atoms with van der Waals surface area (Å²) in [4.78, 5) is 20.5. The lowest BCUT2D eigenvalue weighted by Crippen LogP contribution is -2.40. The Bertz CT molecular complexity index is 303. The number of primary amides is 1. The van der Waals surface area contributed by atoms with E-state index in [1.54, 1.807) is 0 Å². The van der Waals surface area contributed by atoms with Crippen LogP contribution in [0, 0.1) is 11.8 Å². The van der Waals surface area contributed by atoms with E-state index in [0.29, 0.717) is 19.4 Å². The zero-order valence-electron chi connectivity index (χ0n) is 12.7. The van der Waals surface area contributed by atoms with Crippen molar-refractivity contribution in [1.82, 2.24) is 0 Å². The average molecular weight is 305 g/mol. The Morgan fingerprint density at radius 2 is 1.76 bits per heavy atom. The van der Waals surface area contributed by atoms with Gasteiger partial charge in [-0.2, -0.15) is 0 Å². The maximum absolute atomic E-state index is 10.3. The van der Waals surface area contributed by atoms with Crippen molar-refractivity contribution in [3.05, 3.63) is 0 Å². The summed E-state index contributed by atoms with van der Waals surface area (Å²) in [5, 5.41) is 25.5. The maximum atomic E-state index is 10.3. The highest BCUT2D eigenvalue weighted by molar-refractivity contribution is 6.40. The number of rotatable bonds is 9. The van der Waals surface area contributed by atoms with Gasteiger partial charge in [0, 0.05) is 6.42 Å². The Morgan fingerprint density at radius 3 is 2.00 bits per heavy atom. The molecule has 2 unspecified atom stereocenters. The molecule has 8 nitrogen and oxygen atoms in total. The summed E-state index contributed by atoms with van der Waals surface area (Å²) in [6.45, 7) is 4.04. The van der Waals surface area contributed by atoms with Gasteiger partial charge in [0.15, 0.2) is 0 Å². The van der Waals surface area contributed by atoms with Gasteiger partial charge in [0.25, 0.3) is 0 Å². The van der Waals surface area contributed by atoms with E-state index in [2.05, 4.69) is 0 Å². The molecule has 0 aliphatic rings. The molecule has 0 bridgehead atoms. The molecular formula is C12H28BN3O5. The lowest BCUT2D eigenvalue weighted by molar-refractivity contribution is -0.138. The van der Waals surface area contributed by atoms with Crippen LogP contribution in [0.1, 0.15) is 33.1 Å². The van der Waals surface area contributed by atoms with Crippen LogP contribution >= 0.6 is 0 Å². The van der Waals surface area contributed by atoms with E-state index in [9.17, 15) is 9.59 Å². The lowest BCUT2D eigenvalue weighted by atomic mass is 9.82. The lowest BCUT2D eigenvalue weighted by Gasteiger charge is -2.11. The molecule has 0 heterocycles. The molecule has 0 aliphatic heterocycles. The maximum Gasteiger partial charge on any atom is 0.451 e. The van der Waals surface area contributed by atoms with Gasteiger partial charge in [0.1, 0.15) is 0 Å². The third-order valence-electron chi connectivity index (χ3n) is 2.92. The van der Waals surface area contributed by atoms with E-state index in [0.717, 1.165) is 0 Å². The minimum absolute atomic E-state index is 0.0536. The third-order valence-corrected chi connectivity index (χ3v) is 2.92. The predicted octanol–water partition coefficient (Wildman–Crippen LogP) is -1.26. The van der Waals surface area contributed by atoms with Gasteiger partial charge in [-0.25, -0.2) is 0 Å². The van der Waals surface area contributed by atoms with Crippen LogP contribution in [0.3, 0.4) is 0 Å². The summed E-state index contributed by atoms with van der Waals surface area (Å²) < 4.78 is 0. The molecule has 2 atom stereocenters. The van der Waals surface area contributed by atoms with Gasteiger partial charge in [-0.15, -0.1) is 0 Å². The van der Waals surface area contributed by atoms with Crippen LogP contribution in [0.5, 0.6) is 0 Å². The van der Waals surface area contributed by atoms with Crippen molar-refractivity contribution in [1.29, 1.82) is 0 Å². The number of carboxylic acid groups (broad SMARTS) is 1. The van der Waals surface area contributed by atoms with E-state index in [1.165, 1.54) is 0 Å². The zero-order valence-corrected chi connectivity index (χ0v) is 12.7. The Labute approximate surface area is 125 Å². The fraction of sp³-hybridized carbons (Fsp3) is 0.833. The molecule has 9 N–H and O–H groups in total. The molecule has 0 rings (SSSR count). The van der Waals surface area contributed by atoms with Crippen LogP contribution in [0.25, 0.3) is 0 Å². The highest BCUT2D eigenvalue weighted by Crippen LogP contribution is 2.12. The minimum atomic E-state index is -1.30. The highest BCUT2D eigenvalue weighted by atomic mass is 16.4. The molecule has 21 heavy (non-hydrogen) atoms. The molecule has 0 fully saturated rings. The zero-order chi connectivity index (χ0) is 17.0. The first-order chi connectivity index (χ1) is 9.61. The standard InChI is InChI=1S/C7H16BNO4.C5H12N2O/c9-5-6(4-7(10)11)2-1-3-8(12)13;1-3(2)4(6)5(7)8/h6,12-13H,1-5,9H2,(H,10,11);3-4H,6H2,1-2H3,(H2,7,8). The van der Waals surface area contributed by atoms with E-state index in [-0.39, 0.29) is 24.6 Å². The number of carbonyl (C=O) groups excluding carboxylic acids is 1. The fourth-order valence-electron chi connectivity index (χ4n) is 1.47. The number of aliphatic carboxylic acids is 1. The summed E-state index contributed by atoms with van der Waals surface area (Å²) in [6, 6.07) is -0.491. The largest absolute Gasteiger partial charge is 0.481 e. The van der Waals surface area contributed by atoms with Crippen LogP contribution in [-0.2, 0) is 9.59 Å². The molecule has 0 spiro atoms. The molecule has 0 radical (unpaired) electrons. The molecule has 0 aromatic rings. The number of hydrogen-bond donors (Lipinski definition) is 6. The summed E-state index contributed by atoms with van der Waals surface area (Å²) >= 11 is 0. The first kappa shape index (κ1) is 22.1. The quantitative estimate of drug-likeness (QED) is 0.288. The van der Waals surface area contributed by atoms with Crippen LogP contribution in [0.2, 0.25) is 6.32 Å². The van der Waals surface area contributed by atoms with Crippen molar-refractivity contribution in [3.63, 3.8) is 0 Å². The average Bonchev–Trinajstić information content (AvgIpc) is 2.36. The predicted molar refractivity (Wildman–Crippen MR) is 81.0 cm³/mol. The first-order valence-electron chi connectivity index (χ1n) is 6.94. The molecule has 0 saturated heterocycles. The molecule has 0 aromatic heterocycles. The molecule has 0 saturated carbocycles. The first-order valence-corrected chi connectivity index (χ1v) is 6.94. The van der Waals surface area contributed by atoms with Crippen molar-refractivity contribution in [2.24, 2.45) is 29.0 Å². The van der Waals surface area contributed by atoms with Gasteiger partial charge in [-0.05, 0) is 31.1 Å². The summed E-state index contributed by atoms with van der Waals surface area (Å²) in [7, 11) is -1.30. The van der Waals surface area contributed by atoms with Gasteiger partial charge >= 0.3 is 13.1 Å². The van der Waals surface area contributed by atoms with Crippen LogP contribution in [0.4, 0.5) is 0 Å². The van der Waals surface area contributed by atoms with E-state index >= 15 is 0 Å². The topological polar surface area (TPSA) is 173 Å². The number of amides is 1. The van der Waals surface area contributed by atoms with Crippen LogP contribution in [-0.4, -0.2) is 46.7 Å². The number of hydrogen-bond acceptors (Lipinski definition) is 6. The molecular weight excluding hydrogens is 277 g/mol. The van der Waals surface area contributed by atoms with Gasteiger partial charge in [-0.3, -0.25) is 9.59 Å². The van der Waals surface area contributed by atoms with Gasteiger partial charge in [-0.1, -0.05) is 20.3 Å². The minimum Gasteiger partial charge on any atom is -0.481 e. The smallest absolute Gasteiger partial charge is 0.451 e. The van der Waals surface area contributed by atoms with Crippen molar-refractivity contribution in [2.75, 3.05) is 6.54 Å². The Balaban J connectivity index is 0. The van der Waals surface area contributed by atoms with Gasteiger partial charge < -0.3 is 32.4 Å². The summed E-state index contributed by atoms with van der Waals surface area (Å²) in [6.07, 6.45) is 1.54. The molecule has 1 amide bonds. The van der Waals surface area contributed by atoms with E-state index < -0.39 is 25.0 Å². The number of nitrogens with two attached hydrogens (primary N) is 3. The van der Waals surface area contributed by atoms with Crippen molar-refractivity contribution >= 4 is 19.0 Å². The molecule has 124 valence electrons. The summed E-state index contributed by atoms with van der Waals surface area (Å²) in [5.74, 6) is -1.20. The second-order valence-corrected chi connectivity index (χ2v) is 5.28.